The van der Waals surface area contributed by atoms with Crippen molar-refractivity contribution < 1.29 is 28.5 Å². The van der Waals surface area contributed by atoms with E-state index in [2.05, 4.69) is 20.9 Å². The summed E-state index contributed by atoms with van der Waals surface area (Å²) in [6.07, 6.45) is 1.52. The molecule has 0 radical (unpaired) electrons. The van der Waals surface area contributed by atoms with Gasteiger partial charge in [-0.05, 0) is 75.4 Å². The molecule has 0 bridgehead atoms. The van der Waals surface area contributed by atoms with Gasteiger partial charge in [-0.2, -0.15) is 0 Å². The highest BCUT2D eigenvalue weighted by atomic mass is 79.9. The molecule has 0 unspecified atom stereocenters. The first-order valence-electron chi connectivity index (χ1n) is 11.4. The van der Waals surface area contributed by atoms with E-state index >= 15 is 0 Å². The number of carbonyl (C=O) groups is 2. The van der Waals surface area contributed by atoms with Crippen molar-refractivity contribution in [1.82, 2.24) is 0 Å². The SMILES string of the molecule is CCOc1ccc(C2=N/C(=C\c3cc(Br)ccc3OC(=O)c3cccc(C)c3)C(=O)O2)cc1OCC. The van der Waals surface area contributed by atoms with Gasteiger partial charge in [0, 0.05) is 15.6 Å². The van der Waals surface area contributed by atoms with Gasteiger partial charge in [0.05, 0.1) is 18.8 Å². The number of rotatable bonds is 8. The maximum Gasteiger partial charge on any atom is 0.363 e. The molecule has 7 nitrogen and oxygen atoms in total. The highest BCUT2D eigenvalue weighted by molar-refractivity contribution is 9.10. The van der Waals surface area contributed by atoms with Crippen molar-refractivity contribution >= 4 is 39.8 Å². The smallest absolute Gasteiger partial charge is 0.363 e. The largest absolute Gasteiger partial charge is 0.490 e. The third-order valence-corrected chi connectivity index (χ3v) is 5.62. The molecule has 0 saturated heterocycles. The molecule has 184 valence electrons. The predicted molar refractivity (Wildman–Crippen MR) is 140 cm³/mol. The molecule has 4 rings (SSSR count). The molecule has 1 aliphatic rings. The van der Waals surface area contributed by atoms with Crippen LogP contribution in [0.25, 0.3) is 6.08 Å². The van der Waals surface area contributed by atoms with Crippen LogP contribution >= 0.6 is 15.9 Å². The van der Waals surface area contributed by atoms with Gasteiger partial charge >= 0.3 is 11.9 Å². The third kappa shape index (κ3) is 5.83. The second-order valence-electron chi connectivity index (χ2n) is 7.80. The molecule has 8 heteroatoms. The lowest BCUT2D eigenvalue weighted by Crippen LogP contribution is -2.09. The normalized spacial score (nSPS) is 13.8. The summed E-state index contributed by atoms with van der Waals surface area (Å²) in [5.74, 6) is 0.435. The van der Waals surface area contributed by atoms with Crippen LogP contribution in [0.15, 0.2) is 75.8 Å². The van der Waals surface area contributed by atoms with Crippen LogP contribution < -0.4 is 14.2 Å². The van der Waals surface area contributed by atoms with Gasteiger partial charge in [-0.25, -0.2) is 14.6 Å². The highest BCUT2D eigenvalue weighted by Gasteiger charge is 2.26. The summed E-state index contributed by atoms with van der Waals surface area (Å²) < 4.78 is 23.1. The molecule has 3 aromatic rings. The van der Waals surface area contributed by atoms with Crippen LogP contribution in [0.2, 0.25) is 0 Å². The number of hydrogen-bond acceptors (Lipinski definition) is 7. The average molecular weight is 550 g/mol. The molecular formula is C28H24BrNO6. The van der Waals surface area contributed by atoms with Crippen molar-refractivity contribution in [3.05, 3.63) is 93.1 Å². The maximum atomic E-state index is 12.7. The van der Waals surface area contributed by atoms with E-state index in [0.717, 1.165) is 10.0 Å². The van der Waals surface area contributed by atoms with Crippen LogP contribution in [0.4, 0.5) is 0 Å². The van der Waals surface area contributed by atoms with E-state index in [-0.39, 0.29) is 17.3 Å². The Morgan fingerprint density at radius 3 is 2.47 bits per heavy atom. The zero-order valence-electron chi connectivity index (χ0n) is 20.0. The first-order valence-corrected chi connectivity index (χ1v) is 12.2. The first-order chi connectivity index (χ1) is 17.4. The molecule has 0 N–H and O–H groups in total. The third-order valence-electron chi connectivity index (χ3n) is 5.13. The van der Waals surface area contributed by atoms with Gasteiger partial charge in [0.2, 0.25) is 5.90 Å². The highest BCUT2D eigenvalue weighted by Crippen LogP contribution is 2.32. The Morgan fingerprint density at radius 1 is 0.972 bits per heavy atom. The molecule has 0 aromatic heterocycles. The number of aliphatic imine (C=N–C) groups is 1. The number of esters is 2. The summed E-state index contributed by atoms with van der Waals surface area (Å²) in [6, 6.07) is 17.5. The van der Waals surface area contributed by atoms with Crippen molar-refractivity contribution in [3.8, 4) is 17.2 Å². The van der Waals surface area contributed by atoms with Crippen molar-refractivity contribution in [2.75, 3.05) is 13.2 Å². The second-order valence-corrected chi connectivity index (χ2v) is 8.72. The Balaban J connectivity index is 1.65. The Labute approximate surface area is 217 Å². The molecule has 36 heavy (non-hydrogen) atoms. The number of ether oxygens (including phenoxy) is 4. The van der Waals surface area contributed by atoms with E-state index in [9.17, 15) is 9.59 Å². The van der Waals surface area contributed by atoms with Gasteiger partial charge in [-0.3, -0.25) is 0 Å². The zero-order valence-corrected chi connectivity index (χ0v) is 21.6. The molecule has 1 aliphatic heterocycles. The van der Waals surface area contributed by atoms with Crippen LogP contribution in [-0.2, 0) is 9.53 Å². The minimum atomic E-state index is -0.618. The van der Waals surface area contributed by atoms with Crippen molar-refractivity contribution in [1.29, 1.82) is 0 Å². The summed E-state index contributed by atoms with van der Waals surface area (Å²) in [5, 5.41) is 0. The Bertz CT molecular complexity index is 1380. The Kier molecular flexibility index (Phi) is 7.85. The van der Waals surface area contributed by atoms with Gasteiger partial charge in [0.15, 0.2) is 17.2 Å². The van der Waals surface area contributed by atoms with E-state index in [1.807, 2.05) is 26.8 Å². The second kappa shape index (κ2) is 11.2. The van der Waals surface area contributed by atoms with E-state index in [1.54, 1.807) is 54.6 Å². The molecule has 0 aliphatic carbocycles. The molecule has 0 amide bonds. The van der Waals surface area contributed by atoms with Crippen LogP contribution in [0, 0.1) is 6.92 Å². The fourth-order valence-electron chi connectivity index (χ4n) is 3.52. The van der Waals surface area contributed by atoms with Gasteiger partial charge in [-0.15, -0.1) is 0 Å². The van der Waals surface area contributed by atoms with Crippen LogP contribution in [-0.4, -0.2) is 31.1 Å². The molecular weight excluding hydrogens is 526 g/mol. The number of nitrogens with zero attached hydrogens (tertiary/aromatic N) is 1. The van der Waals surface area contributed by atoms with Gasteiger partial charge in [-0.1, -0.05) is 33.6 Å². The molecule has 1 heterocycles. The molecule has 0 saturated carbocycles. The van der Waals surface area contributed by atoms with Crippen molar-refractivity contribution in [3.63, 3.8) is 0 Å². The number of hydrogen-bond donors (Lipinski definition) is 0. The summed E-state index contributed by atoms with van der Waals surface area (Å²) in [7, 11) is 0. The maximum absolute atomic E-state index is 12.7. The van der Waals surface area contributed by atoms with Gasteiger partial charge < -0.3 is 18.9 Å². The number of cyclic esters (lactones) is 1. The lowest BCUT2D eigenvalue weighted by Gasteiger charge is -2.11. The number of carbonyl (C=O) groups excluding carboxylic acids is 2. The minimum Gasteiger partial charge on any atom is -0.490 e. The Hall–Kier alpha value is -3.91. The fourth-order valence-corrected chi connectivity index (χ4v) is 3.90. The number of halogens is 1. The summed E-state index contributed by atoms with van der Waals surface area (Å²) in [4.78, 5) is 29.7. The van der Waals surface area contributed by atoms with Gasteiger partial charge in [0.25, 0.3) is 0 Å². The lowest BCUT2D eigenvalue weighted by atomic mass is 10.1. The summed E-state index contributed by atoms with van der Waals surface area (Å²) in [6.45, 7) is 6.60. The summed E-state index contributed by atoms with van der Waals surface area (Å²) >= 11 is 3.42. The average Bonchev–Trinajstić information content (AvgIpc) is 3.22. The lowest BCUT2D eigenvalue weighted by molar-refractivity contribution is -0.129. The van der Waals surface area contributed by atoms with Crippen molar-refractivity contribution in [2.24, 2.45) is 4.99 Å². The van der Waals surface area contributed by atoms with Crippen LogP contribution in [0.5, 0.6) is 17.2 Å². The van der Waals surface area contributed by atoms with E-state index in [4.69, 9.17) is 18.9 Å². The standard InChI is InChI=1S/C28H24BrNO6/c1-4-33-24-11-9-18(16-25(24)34-5-2)26-30-22(28(32)36-26)15-20-14-21(29)10-12-23(20)35-27(31)19-8-6-7-17(3)13-19/h6-16H,4-5H2,1-3H3/b22-15-. The Morgan fingerprint density at radius 2 is 1.72 bits per heavy atom. The van der Waals surface area contributed by atoms with E-state index in [0.29, 0.717) is 41.4 Å². The molecule has 0 fully saturated rings. The van der Waals surface area contributed by atoms with Crippen molar-refractivity contribution in [2.45, 2.75) is 20.8 Å². The zero-order chi connectivity index (χ0) is 25.7. The first kappa shape index (κ1) is 25.2. The summed E-state index contributed by atoms with van der Waals surface area (Å²) in [5.41, 5.74) is 2.50. The molecule has 0 spiro atoms. The number of benzene rings is 3. The van der Waals surface area contributed by atoms with Gasteiger partial charge in [0.1, 0.15) is 5.75 Å². The van der Waals surface area contributed by atoms with E-state index < -0.39 is 11.9 Å². The topological polar surface area (TPSA) is 83.4 Å². The van der Waals surface area contributed by atoms with E-state index in [1.165, 1.54) is 6.08 Å². The minimum absolute atomic E-state index is 0.0720. The molecule has 3 aromatic carbocycles. The molecule has 0 atom stereocenters. The monoisotopic (exact) mass is 549 g/mol. The number of aryl methyl sites for hydroxylation is 1. The fraction of sp³-hybridized carbons (Fsp3) is 0.179. The van der Waals surface area contributed by atoms with Crippen LogP contribution in [0.1, 0.15) is 40.9 Å². The predicted octanol–water partition coefficient (Wildman–Crippen LogP) is 6.12. The van der Waals surface area contributed by atoms with Crippen LogP contribution in [0.3, 0.4) is 0 Å². The quantitative estimate of drug-likeness (QED) is 0.191.